The van der Waals surface area contributed by atoms with E-state index in [-0.39, 0.29) is 16.2 Å². The number of benzene rings is 1. The highest BCUT2D eigenvalue weighted by molar-refractivity contribution is 5.95. The highest BCUT2D eigenvalue weighted by atomic mass is 16.4. The molecule has 0 amide bonds. The van der Waals surface area contributed by atoms with E-state index in [4.69, 9.17) is 5.73 Å². The number of carboxylic acid groups (broad SMARTS) is 1. The van der Waals surface area contributed by atoms with Gasteiger partial charge in [0.25, 0.3) is 0 Å². The summed E-state index contributed by atoms with van der Waals surface area (Å²) in [7, 11) is 0. The Morgan fingerprint density at radius 1 is 0.889 bits per heavy atom. The van der Waals surface area contributed by atoms with Gasteiger partial charge >= 0.3 is 5.97 Å². The van der Waals surface area contributed by atoms with Crippen LogP contribution in [0.25, 0.3) is 10.9 Å². The smallest absolute Gasteiger partial charge is 0.328 e. The monoisotopic (exact) mass is 372 g/mol. The zero-order chi connectivity index (χ0) is 21.2. The third-order valence-electron chi connectivity index (χ3n) is 5.30. The number of fused-ring (bicyclic) bond motifs is 1. The predicted octanol–water partition coefficient (Wildman–Crippen LogP) is 5.32. The Labute approximate surface area is 163 Å². The average Bonchev–Trinajstić information content (AvgIpc) is 2.83. The molecule has 0 aliphatic rings. The van der Waals surface area contributed by atoms with Gasteiger partial charge in [0.05, 0.1) is 0 Å². The van der Waals surface area contributed by atoms with Crippen molar-refractivity contribution < 1.29 is 9.90 Å². The summed E-state index contributed by atoms with van der Waals surface area (Å²) >= 11 is 0. The van der Waals surface area contributed by atoms with Gasteiger partial charge < -0.3 is 15.8 Å². The van der Waals surface area contributed by atoms with Crippen LogP contribution in [0.1, 0.15) is 91.6 Å². The van der Waals surface area contributed by atoms with E-state index in [9.17, 15) is 9.90 Å². The highest BCUT2D eigenvalue weighted by Crippen LogP contribution is 2.42. The molecule has 0 saturated carbocycles. The molecule has 27 heavy (non-hydrogen) atoms. The minimum atomic E-state index is -1.48. The molecule has 0 radical (unpaired) electrons. The molecule has 1 aromatic heterocycles. The Hall–Kier alpha value is -1.81. The standard InChI is InChI=1S/C23H36N2O2/c1-20(2,3)13-11-14-16(23(10,24)19(26)27)18(22(7,8)9)25-17(14)15(12-13)21(4,5)6/h11-12,25H,24H2,1-10H3,(H,26,27)/t23-/m1/s1. The van der Waals surface area contributed by atoms with Gasteiger partial charge in [-0.25, -0.2) is 4.79 Å². The van der Waals surface area contributed by atoms with Crippen molar-refractivity contribution in [2.45, 2.75) is 91.0 Å². The lowest BCUT2D eigenvalue weighted by atomic mass is 9.77. The molecule has 2 rings (SSSR count). The van der Waals surface area contributed by atoms with E-state index < -0.39 is 11.5 Å². The summed E-state index contributed by atoms with van der Waals surface area (Å²) in [5.74, 6) is -1.02. The number of aromatic amines is 1. The second-order valence-corrected chi connectivity index (χ2v) is 11.1. The number of nitrogens with one attached hydrogen (secondary N) is 1. The molecule has 1 aromatic carbocycles. The van der Waals surface area contributed by atoms with Crippen LogP contribution >= 0.6 is 0 Å². The van der Waals surface area contributed by atoms with Crippen molar-refractivity contribution in [1.82, 2.24) is 4.98 Å². The molecule has 2 aromatic rings. The Kier molecular flexibility index (Phi) is 4.85. The summed E-state index contributed by atoms with van der Waals surface area (Å²) in [6.45, 7) is 20.9. The SMILES string of the molecule is CC(C)(C)c1cc(C(C)(C)C)c2[nH]c(C(C)(C)C)c([C@@](C)(N)C(=O)O)c2c1. The van der Waals surface area contributed by atoms with Gasteiger partial charge in [0, 0.05) is 27.6 Å². The van der Waals surface area contributed by atoms with Gasteiger partial charge in [-0.15, -0.1) is 0 Å². The minimum Gasteiger partial charge on any atom is -0.480 e. The van der Waals surface area contributed by atoms with E-state index in [1.54, 1.807) is 6.92 Å². The maximum atomic E-state index is 12.1. The maximum Gasteiger partial charge on any atom is 0.328 e. The first-order chi connectivity index (χ1) is 11.9. The number of aromatic nitrogens is 1. The summed E-state index contributed by atoms with van der Waals surface area (Å²) in [4.78, 5) is 15.6. The maximum absolute atomic E-state index is 12.1. The highest BCUT2D eigenvalue weighted by Gasteiger charge is 2.39. The molecule has 4 N–H and O–H groups in total. The molecule has 4 heteroatoms. The molecule has 0 aliphatic heterocycles. The van der Waals surface area contributed by atoms with E-state index in [1.165, 1.54) is 11.1 Å². The fourth-order valence-corrected chi connectivity index (χ4v) is 3.53. The average molecular weight is 373 g/mol. The number of nitrogens with two attached hydrogens (primary N) is 1. The first-order valence-corrected chi connectivity index (χ1v) is 9.62. The summed E-state index contributed by atoms with van der Waals surface area (Å²) in [6, 6.07) is 4.38. The van der Waals surface area contributed by atoms with Crippen LogP contribution in [0.2, 0.25) is 0 Å². The molecule has 1 heterocycles. The Bertz CT molecular complexity index is 882. The van der Waals surface area contributed by atoms with Gasteiger partial charge in [0.1, 0.15) is 5.54 Å². The lowest BCUT2D eigenvalue weighted by Crippen LogP contribution is -2.43. The van der Waals surface area contributed by atoms with Crippen LogP contribution in [0.15, 0.2) is 12.1 Å². The van der Waals surface area contributed by atoms with Crippen LogP contribution in [0.3, 0.4) is 0 Å². The Balaban J connectivity index is 3.13. The zero-order valence-corrected chi connectivity index (χ0v) is 18.6. The number of carboxylic acids is 1. The number of carbonyl (C=O) groups is 1. The van der Waals surface area contributed by atoms with Crippen molar-refractivity contribution in [3.63, 3.8) is 0 Å². The van der Waals surface area contributed by atoms with E-state index in [0.29, 0.717) is 5.56 Å². The van der Waals surface area contributed by atoms with Crippen LogP contribution in [0, 0.1) is 0 Å². The molecular weight excluding hydrogens is 336 g/mol. The van der Waals surface area contributed by atoms with Gasteiger partial charge in [-0.3, -0.25) is 0 Å². The van der Waals surface area contributed by atoms with Gasteiger partial charge in [0.2, 0.25) is 0 Å². The van der Waals surface area contributed by atoms with Crippen LogP contribution in [0.5, 0.6) is 0 Å². The summed E-state index contributed by atoms with van der Waals surface area (Å²) in [6.07, 6.45) is 0. The zero-order valence-electron chi connectivity index (χ0n) is 18.6. The van der Waals surface area contributed by atoms with Crippen molar-refractivity contribution in [3.8, 4) is 0 Å². The number of aliphatic carboxylic acids is 1. The fourth-order valence-electron chi connectivity index (χ4n) is 3.53. The van der Waals surface area contributed by atoms with Crippen LogP contribution < -0.4 is 5.73 Å². The van der Waals surface area contributed by atoms with E-state index in [0.717, 1.165) is 16.6 Å². The van der Waals surface area contributed by atoms with Gasteiger partial charge in [0.15, 0.2) is 0 Å². The van der Waals surface area contributed by atoms with Crippen LogP contribution in [0.4, 0.5) is 0 Å². The van der Waals surface area contributed by atoms with E-state index in [2.05, 4.69) is 79.4 Å². The number of H-pyrrole nitrogens is 1. The van der Waals surface area contributed by atoms with E-state index in [1.807, 2.05) is 0 Å². The molecule has 150 valence electrons. The Morgan fingerprint density at radius 3 is 1.78 bits per heavy atom. The first kappa shape index (κ1) is 21.5. The number of hydrogen-bond acceptors (Lipinski definition) is 2. The number of rotatable bonds is 2. The van der Waals surface area contributed by atoms with Crippen molar-refractivity contribution in [2.75, 3.05) is 0 Å². The summed E-state index contributed by atoms with van der Waals surface area (Å²) < 4.78 is 0. The van der Waals surface area contributed by atoms with Crippen molar-refractivity contribution in [3.05, 3.63) is 34.5 Å². The predicted molar refractivity (Wildman–Crippen MR) is 114 cm³/mol. The molecule has 1 atom stereocenters. The summed E-state index contributed by atoms with van der Waals surface area (Å²) in [5.41, 5.74) is 9.44. The molecular formula is C23H36N2O2. The largest absolute Gasteiger partial charge is 0.480 e. The molecule has 0 unspecified atom stereocenters. The lowest BCUT2D eigenvalue weighted by Gasteiger charge is -2.28. The Morgan fingerprint density at radius 2 is 1.41 bits per heavy atom. The molecule has 0 saturated heterocycles. The van der Waals surface area contributed by atoms with Gasteiger partial charge in [-0.05, 0) is 34.9 Å². The van der Waals surface area contributed by atoms with Crippen molar-refractivity contribution in [2.24, 2.45) is 5.73 Å². The normalized spacial score (nSPS) is 15.8. The van der Waals surface area contributed by atoms with Gasteiger partial charge in [-0.1, -0.05) is 68.4 Å². The molecule has 4 nitrogen and oxygen atoms in total. The third kappa shape index (κ3) is 3.77. The van der Waals surface area contributed by atoms with Crippen LogP contribution in [-0.2, 0) is 26.6 Å². The van der Waals surface area contributed by atoms with E-state index >= 15 is 0 Å². The van der Waals surface area contributed by atoms with Crippen LogP contribution in [-0.4, -0.2) is 16.1 Å². The van der Waals surface area contributed by atoms with Crippen molar-refractivity contribution in [1.29, 1.82) is 0 Å². The molecule has 0 aliphatic carbocycles. The second kappa shape index (κ2) is 6.10. The first-order valence-electron chi connectivity index (χ1n) is 9.62. The third-order valence-corrected chi connectivity index (χ3v) is 5.30. The minimum absolute atomic E-state index is 0.0567. The fraction of sp³-hybridized carbons (Fsp3) is 0.609. The summed E-state index contributed by atoms with van der Waals surface area (Å²) in [5, 5.41) is 10.8. The quantitative estimate of drug-likeness (QED) is 0.667. The molecule has 0 spiro atoms. The second-order valence-electron chi connectivity index (χ2n) is 11.1. The topological polar surface area (TPSA) is 79.1 Å². The van der Waals surface area contributed by atoms with Crippen molar-refractivity contribution >= 4 is 16.9 Å². The molecule has 0 bridgehead atoms. The lowest BCUT2D eigenvalue weighted by molar-refractivity contribution is -0.143. The molecule has 0 fully saturated rings. The van der Waals surface area contributed by atoms with Gasteiger partial charge in [-0.2, -0.15) is 0 Å². The number of hydrogen-bond donors (Lipinski definition) is 3.